The van der Waals surface area contributed by atoms with Gasteiger partial charge in [0.25, 0.3) is 0 Å². The van der Waals surface area contributed by atoms with Crippen molar-refractivity contribution < 1.29 is 23.2 Å². The largest absolute Gasteiger partial charge is 0.489 e. The van der Waals surface area contributed by atoms with Crippen molar-refractivity contribution >= 4 is 16.9 Å². The third-order valence-electron chi connectivity index (χ3n) is 5.21. The summed E-state index contributed by atoms with van der Waals surface area (Å²) in [5, 5.41) is 4.76. The average Bonchev–Trinajstić information content (AvgIpc) is 3.32. The zero-order valence-electron chi connectivity index (χ0n) is 17.4. The molecule has 0 aliphatic carbocycles. The van der Waals surface area contributed by atoms with E-state index in [0.717, 1.165) is 33.5 Å². The van der Waals surface area contributed by atoms with Gasteiger partial charge < -0.3 is 19.0 Å². The zero-order chi connectivity index (χ0) is 21.8. The Balaban J connectivity index is 1.25. The molecule has 4 rings (SSSR count). The van der Waals surface area contributed by atoms with Crippen molar-refractivity contribution in [3.8, 4) is 5.75 Å². The molecule has 0 aliphatic heterocycles. The fourth-order valence-electron chi connectivity index (χ4n) is 3.42. The van der Waals surface area contributed by atoms with Crippen LogP contribution in [0.25, 0.3) is 10.9 Å². The first-order valence-electron chi connectivity index (χ1n) is 10.1. The highest BCUT2D eigenvalue weighted by molar-refractivity contribution is 5.89. The molecule has 0 saturated carbocycles. The molecule has 0 saturated heterocycles. The summed E-state index contributed by atoms with van der Waals surface area (Å²) in [5.74, 6) is 0.722. The molecule has 1 N–H and O–H groups in total. The topological polar surface area (TPSA) is 77.3 Å². The average molecular weight is 422 g/mol. The molecule has 2 heterocycles. The molecule has 31 heavy (non-hydrogen) atoms. The number of carbonyl (C=O) groups is 1. The molecule has 0 aliphatic rings. The number of hydrogen-bond acceptors (Lipinski definition) is 5. The van der Waals surface area contributed by atoms with E-state index in [2.05, 4.69) is 10.1 Å². The van der Waals surface area contributed by atoms with Crippen LogP contribution < -0.4 is 4.74 Å². The van der Waals surface area contributed by atoms with Crippen molar-refractivity contribution in [3.05, 3.63) is 82.6 Å². The van der Waals surface area contributed by atoms with E-state index in [1.54, 1.807) is 30.3 Å². The summed E-state index contributed by atoms with van der Waals surface area (Å²) >= 11 is 0. The number of carbonyl (C=O) groups excluding carboxylic acids is 1. The van der Waals surface area contributed by atoms with E-state index in [4.69, 9.17) is 14.0 Å². The van der Waals surface area contributed by atoms with Crippen molar-refractivity contribution in [2.24, 2.45) is 0 Å². The highest BCUT2D eigenvalue weighted by Gasteiger charge is 2.11. The van der Waals surface area contributed by atoms with Crippen molar-refractivity contribution in [2.75, 3.05) is 6.61 Å². The minimum Gasteiger partial charge on any atom is -0.489 e. The molecule has 0 spiro atoms. The number of ether oxygens (including phenoxy) is 2. The predicted octanol–water partition coefficient (Wildman–Crippen LogP) is 5.28. The first kappa shape index (κ1) is 20.7. The molecule has 7 heteroatoms. The fourth-order valence-corrected chi connectivity index (χ4v) is 3.42. The maximum atomic E-state index is 13.5. The summed E-state index contributed by atoms with van der Waals surface area (Å²) in [5.41, 5.74) is 4.08. The van der Waals surface area contributed by atoms with Gasteiger partial charge in [0.05, 0.1) is 23.4 Å². The second-order valence-electron chi connectivity index (χ2n) is 7.36. The lowest BCUT2D eigenvalue weighted by molar-refractivity contribution is 0.0500. The van der Waals surface area contributed by atoms with Crippen LogP contribution in [0.15, 0.2) is 53.2 Å². The van der Waals surface area contributed by atoms with Crippen LogP contribution in [-0.4, -0.2) is 22.7 Å². The molecule has 0 fully saturated rings. The van der Waals surface area contributed by atoms with Crippen LogP contribution in [0, 0.1) is 19.7 Å². The van der Waals surface area contributed by atoms with Gasteiger partial charge in [-0.2, -0.15) is 0 Å². The zero-order valence-corrected chi connectivity index (χ0v) is 17.4. The van der Waals surface area contributed by atoms with E-state index in [1.165, 1.54) is 12.1 Å². The smallest absolute Gasteiger partial charge is 0.338 e. The Morgan fingerprint density at radius 2 is 1.97 bits per heavy atom. The molecular formula is C24H23FN2O4. The molecule has 0 radical (unpaired) electrons. The number of halogens is 1. The number of esters is 1. The second-order valence-corrected chi connectivity index (χ2v) is 7.36. The first-order valence-corrected chi connectivity index (χ1v) is 10.1. The number of nitrogens with one attached hydrogen (secondary N) is 1. The lowest BCUT2D eigenvalue weighted by Gasteiger charge is -2.08. The Morgan fingerprint density at radius 1 is 1.16 bits per heavy atom. The highest BCUT2D eigenvalue weighted by Crippen LogP contribution is 2.21. The van der Waals surface area contributed by atoms with Gasteiger partial charge in [-0.3, -0.25) is 0 Å². The van der Waals surface area contributed by atoms with Gasteiger partial charge in [-0.05, 0) is 74.7 Å². The molecule has 160 valence electrons. The Labute approximate surface area is 179 Å². The van der Waals surface area contributed by atoms with Gasteiger partial charge in [-0.1, -0.05) is 5.16 Å². The molecule has 2 aromatic carbocycles. The third kappa shape index (κ3) is 4.77. The summed E-state index contributed by atoms with van der Waals surface area (Å²) in [7, 11) is 0. The van der Waals surface area contributed by atoms with Crippen LogP contribution in [0.3, 0.4) is 0 Å². The van der Waals surface area contributed by atoms with Crippen LogP contribution in [0.5, 0.6) is 5.75 Å². The maximum absolute atomic E-state index is 13.5. The Hall–Kier alpha value is -3.61. The minimum absolute atomic E-state index is 0.265. The maximum Gasteiger partial charge on any atom is 0.338 e. The van der Waals surface area contributed by atoms with Crippen LogP contribution in [0.4, 0.5) is 4.39 Å². The number of aromatic amines is 1. The van der Waals surface area contributed by atoms with Crippen molar-refractivity contribution in [1.82, 2.24) is 10.1 Å². The third-order valence-corrected chi connectivity index (χ3v) is 5.21. The van der Waals surface area contributed by atoms with Crippen LogP contribution >= 0.6 is 0 Å². The number of hydrogen-bond donors (Lipinski definition) is 1. The molecule has 2 aromatic heterocycles. The minimum atomic E-state index is -0.387. The van der Waals surface area contributed by atoms with E-state index < -0.39 is 0 Å². The van der Waals surface area contributed by atoms with E-state index in [9.17, 15) is 9.18 Å². The second kappa shape index (κ2) is 9.04. The van der Waals surface area contributed by atoms with Crippen LogP contribution in [0.1, 0.15) is 39.4 Å². The van der Waals surface area contributed by atoms with Gasteiger partial charge in [-0.15, -0.1) is 0 Å². The lowest BCUT2D eigenvalue weighted by Crippen LogP contribution is -2.07. The summed E-state index contributed by atoms with van der Waals surface area (Å²) in [6.07, 6.45) is 3.20. The normalized spacial score (nSPS) is 11.1. The molecular weight excluding hydrogens is 399 g/mol. The lowest BCUT2D eigenvalue weighted by atomic mass is 10.1. The van der Waals surface area contributed by atoms with Crippen LogP contribution in [-0.2, 0) is 17.8 Å². The number of H-pyrrole nitrogens is 1. The van der Waals surface area contributed by atoms with Crippen molar-refractivity contribution in [3.63, 3.8) is 0 Å². The van der Waals surface area contributed by atoms with Gasteiger partial charge in [0, 0.05) is 17.1 Å². The summed E-state index contributed by atoms with van der Waals surface area (Å²) < 4.78 is 29.7. The summed E-state index contributed by atoms with van der Waals surface area (Å²) in [6, 6.07) is 11.5. The summed E-state index contributed by atoms with van der Waals surface area (Å²) in [6.45, 7) is 4.34. The number of aromatic nitrogens is 2. The Kier molecular flexibility index (Phi) is 6.02. The predicted molar refractivity (Wildman–Crippen MR) is 114 cm³/mol. The van der Waals surface area contributed by atoms with Gasteiger partial charge in [-0.25, -0.2) is 9.18 Å². The fraction of sp³-hybridized carbons (Fsp3) is 0.250. The molecule has 0 unspecified atom stereocenters. The van der Waals surface area contributed by atoms with E-state index >= 15 is 0 Å². The Morgan fingerprint density at radius 3 is 2.71 bits per heavy atom. The number of aryl methyl sites for hydroxylation is 3. The van der Waals surface area contributed by atoms with Crippen LogP contribution in [0.2, 0.25) is 0 Å². The van der Waals surface area contributed by atoms with E-state index in [1.807, 2.05) is 20.0 Å². The van der Waals surface area contributed by atoms with Gasteiger partial charge >= 0.3 is 5.97 Å². The molecule has 0 bridgehead atoms. The number of rotatable bonds is 8. The highest BCUT2D eigenvalue weighted by atomic mass is 19.1. The Bertz CT molecular complexity index is 1170. The quantitative estimate of drug-likeness (QED) is 0.309. The summed E-state index contributed by atoms with van der Waals surface area (Å²) in [4.78, 5) is 15.4. The molecule has 6 nitrogen and oxygen atoms in total. The number of benzene rings is 2. The SMILES string of the molecule is Cc1noc(C)c1COc1ccc(C(=O)OCCCc2c[nH]c3ccc(F)cc23)cc1. The van der Waals surface area contributed by atoms with E-state index in [0.29, 0.717) is 30.8 Å². The monoisotopic (exact) mass is 422 g/mol. The molecule has 0 amide bonds. The van der Waals surface area contributed by atoms with Gasteiger partial charge in [0.2, 0.25) is 0 Å². The van der Waals surface area contributed by atoms with Crippen molar-refractivity contribution in [2.45, 2.75) is 33.3 Å². The first-order chi connectivity index (χ1) is 15.0. The number of fused-ring (bicyclic) bond motifs is 1. The van der Waals surface area contributed by atoms with E-state index in [-0.39, 0.29) is 18.4 Å². The van der Waals surface area contributed by atoms with Gasteiger partial charge in [0.15, 0.2) is 0 Å². The number of nitrogens with zero attached hydrogens (tertiary/aromatic N) is 1. The molecule has 4 aromatic rings. The standard InChI is InChI=1S/C24H23FN2O4/c1-15-22(16(2)31-27-15)14-30-20-8-5-17(6-9-20)24(28)29-11-3-4-18-13-26-23-10-7-19(25)12-21(18)23/h5-10,12-13,26H,3-4,11,14H2,1-2H3. The van der Waals surface area contributed by atoms with Gasteiger partial charge in [0.1, 0.15) is 23.9 Å². The van der Waals surface area contributed by atoms with Crippen molar-refractivity contribution in [1.29, 1.82) is 0 Å². The molecule has 0 atom stereocenters.